The van der Waals surface area contributed by atoms with Crippen LogP contribution in [0.5, 0.6) is 0 Å². The standard InChI is InChI=1S/C24H19F3N4O2/c1-13-11-14(25)5-6-16(13)21-17-7-8-20(32)31(22-18(26)3-2-4-19(22)27)23(17)30-24(29-21)28-15-9-10-33-12-15/h2-8,11,15H,9-10,12H2,1H3,(H,28,29,30). The Hall–Kier alpha value is -3.72. The van der Waals surface area contributed by atoms with Crippen LogP contribution in [0.25, 0.3) is 28.0 Å². The van der Waals surface area contributed by atoms with Crippen molar-refractivity contribution in [1.82, 2.24) is 14.5 Å². The number of nitrogens with one attached hydrogen (secondary N) is 1. The van der Waals surface area contributed by atoms with Gasteiger partial charge in [0.1, 0.15) is 23.1 Å². The molecule has 2 aromatic carbocycles. The van der Waals surface area contributed by atoms with E-state index in [9.17, 15) is 18.0 Å². The van der Waals surface area contributed by atoms with E-state index in [4.69, 9.17) is 4.74 Å². The number of fused-ring (bicyclic) bond motifs is 1. The van der Waals surface area contributed by atoms with Crippen molar-refractivity contribution in [2.75, 3.05) is 18.5 Å². The van der Waals surface area contributed by atoms with Crippen LogP contribution in [-0.4, -0.2) is 33.8 Å². The van der Waals surface area contributed by atoms with Crippen LogP contribution in [0.1, 0.15) is 12.0 Å². The number of halogens is 3. The monoisotopic (exact) mass is 452 g/mol. The smallest absolute Gasteiger partial charge is 0.256 e. The molecule has 3 heterocycles. The van der Waals surface area contributed by atoms with Crippen molar-refractivity contribution in [3.05, 3.63) is 81.9 Å². The summed E-state index contributed by atoms with van der Waals surface area (Å²) in [7, 11) is 0. The Balaban J connectivity index is 1.83. The highest BCUT2D eigenvalue weighted by Gasteiger charge is 2.22. The Morgan fingerprint density at radius 2 is 1.85 bits per heavy atom. The van der Waals surface area contributed by atoms with Crippen LogP contribution in [0.4, 0.5) is 19.1 Å². The molecule has 9 heteroatoms. The predicted octanol–water partition coefficient (Wildman–Crippen LogP) is 4.37. The van der Waals surface area contributed by atoms with E-state index >= 15 is 0 Å². The first-order valence-electron chi connectivity index (χ1n) is 10.4. The summed E-state index contributed by atoms with van der Waals surface area (Å²) in [6.07, 6.45) is 0.732. The lowest BCUT2D eigenvalue weighted by molar-refractivity contribution is 0.195. The maximum absolute atomic E-state index is 14.7. The van der Waals surface area contributed by atoms with E-state index < -0.39 is 28.7 Å². The molecule has 1 aliphatic rings. The third kappa shape index (κ3) is 3.84. The number of anilines is 1. The Kier molecular flexibility index (Phi) is 5.33. The van der Waals surface area contributed by atoms with Crippen LogP contribution >= 0.6 is 0 Å². The number of nitrogens with zero attached hydrogens (tertiary/aromatic N) is 3. The molecule has 1 saturated heterocycles. The maximum atomic E-state index is 14.7. The fraction of sp³-hybridized carbons (Fsp3) is 0.208. The summed E-state index contributed by atoms with van der Waals surface area (Å²) < 4.78 is 49.4. The van der Waals surface area contributed by atoms with E-state index in [1.165, 1.54) is 30.3 Å². The molecule has 0 aliphatic carbocycles. The molecule has 33 heavy (non-hydrogen) atoms. The van der Waals surface area contributed by atoms with Gasteiger partial charge in [-0.3, -0.25) is 9.36 Å². The Morgan fingerprint density at radius 1 is 1.06 bits per heavy atom. The van der Waals surface area contributed by atoms with Crippen LogP contribution in [-0.2, 0) is 4.74 Å². The molecule has 5 rings (SSSR count). The maximum Gasteiger partial charge on any atom is 0.256 e. The first kappa shape index (κ1) is 21.1. The summed E-state index contributed by atoms with van der Waals surface area (Å²) in [4.78, 5) is 21.9. The molecule has 1 aliphatic heterocycles. The average Bonchev–Trinajstić information content (AvgIpc) is 3.28. The number of rotatable bonds is 4. The molecule has 0 saturated carbocycles. The van der Waals surface area contributed by atoms with Crippen LogP contribution in [0.3, 0.4) is 0 Å². The van der Waals surface area contributed by atoms with E-state index in [1.54, 1.807) is 13.0 Å². The van der Waals surface area contributed by atoms with Gasteiger partial charge in [0.2, 0.25) is 5.95 Å². The highest BCUT2D eigenvalue weighted by molar-refractivity contribution is 5.93. The summed E-state index contributed by atoms with van der Waals surface area (Å²) in [5.74, 6) is -2.03. The molecule has 0 amide bonds. The van der Waals surface area contributed by atoms with Gasteiger partial charge in [0.05, 0.1) is 18.3 Å². The lowest BCUT2D eigenvalue weighted by Gasteiger charge is -2.17. The minimum Gasteiger partial charge on any atom is -0.379 e. The van der Waals surface area contributed by atoms with Gasteiger partial charge in [0.25, 0.3) is 5.56 Å². The zero-order valence-corrected chi connectivity index (χ0v) is 17.6. The summed E-state index contributed by atoms with van der Waals surface area (Å²) in [6, 6.07) is 10.3. The zero-order chi connectivity index (χ0) is 23.1. The number of pyridine rings is 1. The molecule has 1 fully saturated rings. The minimum atomic E-state index is -0.901. The number of para-hydroxylation sites is 1. The first-order valence-corrected chi connectivity index (χ1v) is 10.4. The van der Waals surface area contributed by atoms with Gasteiger partial charge in [-0.25, -0.2) is 18.2 Å². The van der Waals surface area contributed by atoms with Crippen molar-refractivity contribution in [2.45, 2.75) is 19.4 Å². The molecule has 2 aromatic heterocycles. The molecular formula is C24H19F3N4O2. The Bertz CT molecular complexity index is 1410. The quantitative estimate of drug-likeness (QED) is 0.498. The fourth-order valence-electron chi connectivity index (χ4n) is 4.03. The highest BCUT2D eigenvalue weighted by Crippen LogP contribution is 2.31. The van der Waals surface area contributed by atoms with Crippen molar-refractivity contribution in [3.8, 4) is 16.9 Å². The molecule has 0 radical (unpaired) electrons. The first-order chi connectivity index (χ1) is 15.9. The number of aromatic nitrogens is 3. The summed E-state index contributed by atoms with van der Waals surface area (Å²) >= 11 is 0. The van der Waals surface area contributed by atoms with E-state index in [1.807, 2.05) is 0 Å². The molecule has 0 spiro atoms. The molecule has 1 N–H and O–H groups in total. The number of benzene rings is 2. The second-order valence-corrected chi connectivity index (χ2v) is 7.87. The normalized spacial score (nSPS) is 15.8. The second-order valence-electron chi connectivity index (χ2n) is 7.87. The van der Waals surface area contributed by atoms with Gasteiger partial charge in [-0.1, -0.05) is 6.07 Å². The number of aryl methyl sites for hydroxylation is 1. The van der Waals surface area contributed by atoms with Crippen molar-refractivity contribution < 1.29 is 17.9 Å². The average molecular weight is 452 g/mol. The van der Waals surface area contributed by atoms with E-state index in [0.717, 1.165) is 23.1 Å². The molecule has 168 valence electrons. The zero-order valence-electron chi connectivity index (χ0n) is 17.6. The summed E-state index contributed by atoms with van der Waals surface area (Å²) in [5, 5.41) is 3.57. The molecule has 1 unspecified atom stereocenters. The van der Waals surface area contributed by atoms with E-state index in [0.29, 0.717) is 35.4 Å². The van der Waals surface area contributed by atoms with Crippen molar-refractivity contribution in [2.24, 2.45) is 0 Å². The molecule has 6 nitrogen and oxygen atoms in total. The van der Waals surface area contributed by atoms with Gasteiger partial charge in [0.15, 0.2) is 5.65 Å². The molecule has 4 aromatic rings. The molecular weight excluding hydrogens is 433 g/mol. The Morgan fingerprint density at radius 3 is 2.55 bits per heavy atom. The third-order valence-corrected chi connectivity index (χ3v) is 5.62. The third-order valence-electron chi connectivity index (χ3n) is 5.62. The van der Waals surface area contributed by atoms with Crippen LogP contribution < -0.4 is 10.9 Å². The van der Waals surface area contributed by atoms with Crippen LogP contribution in [0.2, 0.25) is 0 Å². The van der Waals surface area contributed by atoms with Gasteiger partial charge < -0.3 is 10.1 Å². The topological polar surface area (TPSA) is 69.0 Å². The van der Waals surface area contributed by atoms with E-state index in [-0.39, 0.29) is 17.6 Å². The summed E-state index contributed by atoms with van der Waals surface area (Å²) in [6.45, 7) is 2.77. The van der Waals surface area contributed by atoms with Gasteiger partial charge in [-0.2, -0.15) is 4.98 Å². The predicted molar refractivity (Wildman–Crippen MR) is 118 cm³/mol. The lowest BCUT2D eigenvalue weighted by atomic mass is 10.0. The largest absolute Gasteiger partial charge is 0.379 e. The number of hydrogen-bond donors (Lipinski definition) is 1. The highest BCUT2D eigenvalue weighted by atomic mass is 19.1. The SMILES string of the molecule is Cc1cc(F)ccc1-c1nc(NC2CCOC2)nc2c1ccc(=O)n2-c1c(F)cccc1F. The molecule has 0 bridgehead atoms. The van der Waals surface area contributed by atoms with Crippen LogP contribution in [0, 0.1) is 24.4 Å². The van der Waals surface area contributed by atoms with Crippen molar-refractivity contribution >= 4 is 17.0 Å². The van der Waals surface area contributed by atoms with Gasteiger partial charge in [-0.05, 0) is 55.3 Å². The van der Waals surface area contributed by atoms with Crippen molar-refractivity contribution in [3.63, 3.8) is 0 Å². The Labute approximate surface area is 186 Å². The summed E-state index contributed by atoms with van der Waals surface area (Å²) in [5.41, 5.74) is 0.477. The minimum absolute atomic E-state index is 0.0293. The van der Waals surface area contributed by atoms with E-state index in [2.05, 4.69) is 15.3 Å². The lowest BCUT2D eigenvalue weighted by Crippen LogP contribution is -2.24. The second kappa shape index (κ2) is 8.32. The van der Waals surface area contributed by atoms with Gasteiger partial charge in [0, 0.05) is 23.6 Å². The fourth-order valence-corrected chi connectivity index (χ4v) is 4.03. The van der Waals surface area contributed by atoms with Crippen molar-refractivity contribution in [1.29, 1.82) is 0 Å². The number of ether oxygens (including phenoxy) is 1. The van der Waals surface area contributed by atoms with Gasteiger partial charge in [-0.15, -0.1) is 0 Å². The van der Waals surface area contributed by atoms with Gasteiger partial charge >= 0.3 is 0 Å². The number of hydrogen-bond acceptors (Lipinski definition) is 5. The molecule has 1 atom stereocenters. The van der Waals surface area contributed by atoms with Crippen LogP contribution in [0.15, 0.2) is 53.3 Å².